The van der Waals surface area contributed by atoms with E-state index in [0.717, 1.165) is 49.1 Å². The van der Waals surface area contributed by atoms with Crippen molar-refractivity contribution in [2.24, 2.45) is 0 Å². The standard InChI is InChI=1S/C19H25N5O2/c1-4-26-17-7-5-16(6-8-17)21-19-20-14(2)13-18(22-19)24-11-9-23(10-12-24)15(3)25/h5-8,13H,4,9-12H2,1-3H3,(H,20,21,22). The number of benzene rings is 1. The van der Waals surface area contributed by atoms with Crippen LogP contribution in [0.5, 0.6) is 5.75 Å². The molecule has 2 heterocycles. The van der Waals surface area contributed by atoms with E-state index in [0.29, 0.717) is 12.6 Å². The van der Waals surface area contributed by atoms with Crippen LogP contribution in [0.1, 0.15) is 19.5 Å². The number of nitrogens with zero attached hydrogens (tertiary/aromatic N) is 4. The Morgan fingerprint density at radius 1 is 1.15 bits per heavy atom. The molecule has 1 aromatic carbocycles. The number of hydrogen-bond donors (Lipinski definition) is 1. The molecule has 26 heavy (non-hydrogen) atoms. The molecule has 1 amide bonds. The predicted molar refractivity (Wildman–Crippen MR) is 102 cm³/mol. The molecule has 1 aliphatic rings. The van der Waals surface area contributed by atoms with Crippen LogP contribution < -0.4 is 15.0 Å². The molecule has 1 N–H and O–H groups in total. The zero-order valence-electron chi connectivity index (χ0n) is 15.5. The lowest BCUT2D eigenvalue weighted by atomic mass is 10.3. The smallest absolute Gasteiger partial charge is 0.229 e. The summed E-state index contributed by atoms with van der Waals surface area (Å²) in [7, 11) is 0. The second kappa shape index (κ2) is 8.03. The van der Waals surface area contributed by atoms with Gasteiger partial charge in [-0.3, -0.25) is 4.79 Å². The van der Waals surface area contributed by atoms with E-state index in [9.17, 15) is 4.79 Å². The molecule has 138 valence electrons. The topological polar surface area (TPSA) is 70.6 Å². The minimum Gasteiger partial charge on any atom is -0.494 e. The van der Waals surface area contributed by atoms with Crippen LogP contribution in [-0.2, 0) is 4.79 Å². The summed E-state index contributed by atoms with van der Waals surface area (Å²) in [5.41, 5.74) is 1.81. The quantitative estimate of drug-likeness (QED) is 0.889. The third-order valence-electron chi connectivity index (χ3n) is 4.31. The molecule has 0 bridgehead atoms. The number of amides is 1. The number of carbonyl (C=O) groups excluding carboxylic acids is 1. The average Bonchev–Trinajstić information content (AvgIpc) is 2.63. The van der Waals surface area contributed by atoms with Gasteiger partial charge < -0.3 is 19.9 Å². The summed E-state index contributed by atoms with van der Waals surface area (Å²) in [5.74, 6) is 2.42. The largest absolute Gasteiger partial charge is 0.494 e. The van der Waals surface area contributed by atoms with Gasteiger partial charge in [-0.1, -0.05) is 0 Å². The Morgan fingerprint density at radius 2 is 1.85 bits per heavy atom. The summed E-state index contributed by atoms with van der Waals surface area (Å²) in [6.45, 7) is 9.18. The van der Waals surface area contributed by atoms with Gasteiger partial charge in [0.1, 0.15) is 11.6 Å². The van der Waals surface area contributed by atoms with Crippen molar-refractivity contribution in [3.63, 3.8) is 0 Å². The Labute approximate surface area is 154 Å². The van der Waals surface area contributed by atoms with Gasteiger partial charge in [0, 0.05) is 50.6 Å². The predicted octanol–water partition coefficient (Wildman–Crippen LogP) is 2.60. The van der Waals surface area contributed by atoms with Gasteiger partial charge >= 0.3 is 0 Å². The van der Waals surface area contributed by atoms with Crippen LogP contribution in [0.15, 0.2) is 30.3 Å². The van der Waals surface area contributed by atoms with Crippen LogP contribution in [0, 0.1) is 6.92 Å². The van der Waals surface area contributed by atoms with Crippen LogP contribution >= 0.6 is 0 Å². The first-order valence-corrected chi connectivity index (χ1v) is 8.91. The number of nitrogens with one attached hydrogen (secondary N) is 1. The van der Waals surface area contributed by atoms with Gasteiger partial charge in [-0.25, -0.2) is 4.98 Å². The summed E-state index contributed by atoms with van der Waals surface area (Å²) < 4.78 is 5.46. The maximum atomic E-state index is 11.5. The summed E-state index contributed by atoms with van der Waals surface area (Å²) in [4.78, 5) is 24.7. The second-order valence-corrected chi connectivity index (χ2v) is 6.27. The SMILES string of the molecule is CCOc1ccc(Nc2nc(C)cc(N3CCN(C(C)=O)CC3)n2)cc1. The molecule has 7 nitrogen and oxygen atoms in total. The van der Waals surface area contributed by atoms with Crippen molar-refractivity contribution in [2.75, 3.05) is 43.0 Å². The van der Waals surface area contributed by atoms with Crippen molar-refractivity contribution in [2.45, 2.75) is 20.8 Å². The molecule has 0 saturated carbocycles. The van der Waals surface area contributed by atoms with E-state index in [1.54, 1.807) is 6.92 Å². The van der Waals surface area contributed by atoms with E-state index in [-0.39, 0.29) is 5.91 Å². The van der Waals surface area contributed by atoms with E-state index in [1.807, 2.05) is 49.1 Å². The van der Waals surface area contributed by atoms with Crippen molar-refractivity contribution >= 4 is 23.4 Å². The Morgan fingerprint density at radius 3 is 2.46 bits per heavy atom. The van der Waals surface area contributed by atoms with Crippen LogP contribution in [0.25, 0.3) is 0 Å². The second-order valence-electron chi connectivity index (χ2n) is 6.27. The number of piperazine rings is 1. The lowest BCUT2D eigenvalue weighted by Crippen LogP contribution is -2.48. The number of carbonyl (C=O) groups is 1. The molecule has 0 unspecified atom stereocenters. The molecule has 1 saturated heterocycles. The van der Waals surface area contributed by atoms with E-state index in [4.69, 9.17) is 4.74 Å². The fraction of sp³-hybridized carbons (Fsp3) is 0.421. The number of rotatable bonds is 5. The van der Waals surface area contributed by atoms with Crippen LogP contribution in [0.3, 0.4) is 0 Å². The van der Waals surface area contributed by atoms with Crippen molar-refractivity contribution in [1.82, 2.24) is 14.9 Å². The Kier molecular flexibility index (Phi) is 5.55. The van der Waals surface area contributed by atoms with Crippen molar-refractivity contribution in [3.05, 3.63) is 36.0 Å². The summed E-state index contributed by atoms with van der Waals surface area (Å²) >= 11 is 0. The fourth-order valence-electron chi connectivity index (χ4n) is 2.95. The van der Waals surface area contributed by atoms with Crippen LogP contribution in [0.2, 0.25) is 0 Å². The van der Waals surface area contributed by atoms with E-state index in [2.05, 4.69) is 20.2 Å². The number of aromatic nitrogens is 2. The third-order valence-corrected chi connectivity index (χ3v) is 4.31. The van der Waals surface area contributed by atoms with Gasteiger partial charge in [0.15, 0.2) is 0 Å². The molecule has 1 aliphatic heterocycles. The average molecular weight is 355 g/mol. The maximum Gasteiger partial charge on any atom is 0.229 e. The van der Waals surface area contributed by atoms with Crippen molar-refractivity contribution < 1.29 is 9.53 Å². The van der Waals surface area contributed by atoms with Gasteiger partial charge in [-0.2, -0.15) is 4.98 Å². The lowest BCUT2D eigenvalue weighted by Gasteiger charge is -2.35. The molecule has 3 rings (SSSR count). The summed E-state index contributed by atoms with van der Waals surface area (Å²) in [5, 5.41) is 3.25. The fourth-order valence-corrected chi connectivity index (χ4v) is 2.95. The number of aryl methyl sites for hydroxylation is 1. The highest BCUT2D eigenvalue weighted by Crippen LogP contribution is 2.21. The number of anilines is 3. The molecular formula is C19H25N5O2. The van der Waals surface area contributed by atoms with E-state index >= 15 is 0 Å². The molecule has 1 aromatic heterocycles. The highest BCUT2D eigenvalue weighted by Gasteiger charge is 2.20. The third kappa shape index (κ3) is 4.41. The molecular weight excluding hydrogens is 330 g/mol. The Bertz CT molecular complexity index is 755. The zero-order chi connectivity index (χ0) is 18.5. The molecule has 0 radical (unpaired) electrons. The normalized spacial score (nSPS) is 14.3. The zero-order valence-corrected chi connectivity index (χ0v) is 15.5. The van der Waals surface area contributed by atoms with Gasteiger partial charge in [0.05, 0.1) is 6.61 Å². The molecule has 7 heteroatoms. The highest BCUT2D eigenvalue weighted by molar-refractivity contribution is 5.73. The first-order valence-electron chi connectivity index (χ1n) is 8.91. The van der Waals surface area contributed by atoms with Crippen LogP contribution in [0.4, 0.5) is 17.5 Å². The Balaban J connectivity index is 1.70. The molecule has 2 aromatic rings. The van der Waals surface area contributed by atoms with Gasteiger partial charge in [0.2, 0.25) is 11.9 Å². The minimum absolute atomic E-state index is 0.126. The highest BCUT2D eigenvalue weighted by atomic mass is 16.5. The van der Waals surface area contributed by atoms with Gasteiger partial charge in [-0.05, 0) is 38.1 Å². The summed E-state index contributed by atoms with van der Waals surface area (Å²) in [6.07, 6.45) is 0. The Hall–Kier alpha value is -2.83. The molecule has 0 spiro atoms. The number of ether oxygens (including phenoxy) is 1. The molecule has 1 fully saturated rings. The minimum atomic E-state index is 0.126. The van der Waals surface area contributed by atoms with Crippen molar-refractivity contribution in [1.29, 1.82) is 0 Å². The van der Waals surface area contributed by atoms with E-state index < -0.39 is 0 Å². The van der Waals surface area contributed by atoms with Gasteiger partial charge in [0.25, 0.3) is 0 Å². The molecule has 0 atom stereocenters. The van der Waals surface area contributed by atoms with Crippen LogP contribution in [-0.4, -0.2) is 53.6 Å². The first-order chi connectivity index (χ1) is 12.5. The van der Waals surface area contributed by atoms with E-state index in [1.165, 1.54) is 0 Å². The lowest BCUT2D eigenvalue weighted by molar-refractivity contribution is -0.129. The number of hydrogen-bond acceptors (Lipinski definition) is 6. The van der Waals surface area contributed by atoms with Crippen molar-refractivity contribution in [3.8, 4) is 5.75 Å². The first kappa shape index (κ1) is 18.0. The van der Waals surface area contributed by atoms with Gasteiger partial charge in [-0.15, -0.1) is 0 Å². The monoisotopic (exact) mass is 355 g/mol. The molecule has 0 aliphatic carbocycles. The maximum absolute atomic E-state index is 11.5. The summed E-state index contributed by atoms with van der Waals surface area (Å²) in [6, 6.07) is 9.71.